The molecule has 0 aliphatic heterocycles. The van der Waals surface area contributed by atoms with Crippen molar-refractivity contribution in [1.29, 1.82) is 0 Å². The molecule has 6 heteroatoms. The lowest BCUT2D eigenvalue weighted by atomic mass is 10.3. The summed E-state index contributed by atoms with van der Waals surface area (Å²) in [6, 6.07) is 6.33. The minimum atomic E-state index is -1.08. The van der Waals surface area contributed by atoms with Crippen molar-refractivity contribution in [3.63, 3.8) is 0 Å². The van der Waals surface area contributed by atoms with E-state index in [1.54, 1.807) is 6.07 Å². The van der Waals surface area contributed by atoms with Gasteiger partial charge in [0.15, 0.2) is 0 Å². The third-order valence-corrected chi connectivity index (χ3v) is 4.22. The molecule has 88 valence electrons. The van der Waals surface area contributed by atoms with Gasteiger partial charge >= 0.3 is 5.97 Å². The fourth-order valence-electron chi connectivity index (χ4n) is 1.24. The second kappa shape index (κ2) is 5.80. The van der Waals surface area contributed by atoms with Crippen molar-refractivity contribution in [3.05, 3.63) is 24.3 Å². The SMILES string of the molecule is COP(CC(N)C(=O)O)c1ccccc1N. The highest BCUT2D eigenvalue weighted by Gasteiger charge is 2.21. The van der Waals surface area contributed by atoms with Crippen LogP contribution in [0.25, 0.3) is 0 Å². The molecule has 0 aromatic heterocycles. The van der Waals surface area contributed by atoms with Crippen LogP contribution < -0.4 is 16.8 Å². The summed E-state index contributed by atoms with van der Waals surface area (Å²) < 4.78 is 5.28. The van der Waals surface area contributed by atoms with Gasteiger partial charge in [0.05, 0.1) is 8.15 Å². The fourth-order valence-corrected chi connectivity index (χ4v) is 2.91. The molecule has 0 saturated carbocycles. The molecule has 1 aromatic carbocycles. The van der Waals surface area contributed by atoms with Crippen LogP contribution in [0.5, 0.6) is 0 Å². The molecule has 2 unspecified atom stereocenters. The van der Waals surface area contributed by atoms with E-state index >= 15 is 0 Å². The number of para-hydroxylation sites is 1. The molecule has 0 saturated heterocycles. The summed E-state index contributed by atoms with van der Waals surface area (Å²) in [7, 11) is 0.457. The first kappa shape index (κ1) is 12.9. The molecule has 0 radical (unpaired) electrons. The summed E-state index contributed by atoms with van der Waals surface area (Å²) >= 11 is 0. The van der Waals surface area contributed by atoms with Crippen LogP contribution in [0.1, 0.15) is 0 Å². The van der Waals surface area contributed by atoms with E-state index < -0.39 is 20.2 Å². The van der Waals surface area contributed by atoms with Crippen LogP contribution >= 0.6 is 8.15 Å². The number of carbonyl (C=O) groups is 1. The van der Waals surface area contributed by atoms with E-state index in [9.17, 15) is 4.79 Å². The van der Waals surface area contributed by atoms with E-state index in [0.29, 0.717) is 5.69 Å². The van der Waals surface area contributed by atoms with E-state index in [1.807, 2.05) is 18.2 Å². The topological polar surface area (TPSA) is 98.6 Å². The monoisotopic (exact) mass is 242 g/mol. The molecule has 1 rings (SSSR count). The number of aliphatic carboxylic acids is 1. The number of rotatable bonds is 5. The smallest absolute Gasteiger partial charge is 0.320 e. The second-order valence-corrected chi connectivity index (χ2v) is 5.22. The average molecular weight is 242 g/mol. The normalized spacial score (nSPS) is 14.4. The number of carboxylic acid groups (broad SMARTS) is 1. The van der Waals surface area contributed by atoms with Crippen molar-refractivity contribution >= 4 is 25.1 Å². The van der Waals surface area contributed by atoms with E-state index in [1.165, 1.54) is 7.11 Å². The van der Waals surface area contributed by atoms with Crippen LogP contribution in [0, 0.1) is 0 Å². The Hall–Kier alpha value is -1.16. The summed E-state index contributed by atoms with van der Waals surface area (Å²) in [5.41, 5.74) is 11.9. The van der Waals surface area contributed by atoms with Crippen molar-refractivity contribution in [2.45, 2.75) is 6.04 Å². The predicted octanol–water partition coefficient (Wildman–Crippen LogP) is 0.349. The van der Waals surface area contributed by atoms with Crippen LogP contribution in [0.4, 0.5) is 5.69 Å². The van der Waals surface area contributed by atoms with Crippen LogP contribution in [0.15, 0.2) is 24.3 Å². The highest BCUT2D eigenvalue weighted by molar-refractivity contribution is 7.61. The average Bonchev–Trinajstić information content (AvgIpc) is 2.26. The number of hydrogen-bond acceptors (Lipinski definition) is 4. The molecule has 0 aliphatic carbocycles. The van der Waals surface area contributed by atoms with Crippen LogP contribution in [-0.2, 0) is 9.32 Å². The van der Waals surface area contributed by atoms with Gasteiger partial charge in [0.1, 0.15) is 6.04 Å². The molecule has 0 fully saturated rings. The molecule has 2 atom stereocenters. The summed E-state index contributed by atoms with van der Waals surface area (Å²) in [5.74, 6) is -1.03. The van der Waals surface area contributed by atoms with E-state index in [4.69, 9.17) is 21.1 Å². The maximum atomic E-state index is 10.7. The third-order valence-electron chi connectivity index (χ3n) is 2.11. The van der Waals surface area contributed by atoms with Crippen molar-refractivity contribution in [1.82, 2.24) is 0 Å². The largest absolute Gasteiger partial charge is 0.480 e. The molecule has 5 N–H and O–H groups in total. The highest BCUT2D eigenvalue weighted by atomic mass is 31.1. The van der Waals surface area contributed by atoms with E-state index in [-0.39, 0.29) is 6.16 Å². The predicted molar refractivity (Wildman–Crippen MR) is 64.9 cm³/mol. The molecular formula is C10H15N2O3P. The van der Waals surface area contributed by atoms with Gasteiger partial charge in [-0.1, -0.05) is 18.2 Å². The molecule has 0 aliphatic rings. The Morgan fingerprint density at radius 3 is 2.69 bits per heavy atom. The Balaban J connectivity index is 2.83. The zero-order valence-corrected chi connectivity index (χ0v) is 9.85. The standard InChI is InChI=1S/C10H15N2O3P/c1-15-16(6-8(12)10(13)14)9-5-3-2-4-7(9)11/h2-5,8H,6,11-12H2,1H3,(H,13,14). The van der Waals surface area contributed by atoms with Gasteiger partial charge in [0, 0.05) is 24.3 Å². The number of carboxylic acids is 1. The van der Waals surface area contributed by atoms with Crippen LogP contribution in [0.3, 0.4) is 0 Å². The third kappa shape index (κ3) is 3.17. The molecule has 0 amide bonds. The van der Waals surface area contributed by atoms with Gasteiger partial charge in [-0.2, -0.15) is 0 Å². The molecule has 5 nitrogen and oxygen atoms in total. The van der Waals surface area contributed by atoms with Crippen molar-refractivity contribution in [2.75, 3.05) is 19.0 Å². The summed E-state index contributed by atoms with van der Waals surface area (Å²) in [5, 5.41) is 9.57. The Kier molecular flexibility index (Phi) is 4.68. The molecule has 16 heavy (non-hydrogen) atoms. The lowest BCUT2D eigenvalue weighted by Crippen LogP contribution is -2.34. The minimum absolute atomic E-state index is 0.259. The number of anilines is 1. The number of nitrogen functional groups attached to an aromatic ring is 1. The molecule has 0 heterocycles. The van der Waals surface area contributed by atoms with Gasteiger partial charge in [-0.05, 0) is 6.07 Å². The zero-order valence-electron chi connectivity index (χ0n) is 8.96. The van der Waals surface area contributed by atoms with Gasteiger partial charge in [0.25, 0.3) is 0 Å². The van der Waals surface area contributed by atoms with Crippen molar-refractivity contribution < 1.29 is 14.4 Å². The van der Waals surface area contributed by atoms with Crippen LogP contribution in [-0.4, -0.2) is 30.4 Å². The summed E-state index contributed by atoms with van der Waals surface area (Å²) in [6.07, 6.45) is 0.259. The molecular weight excluding hydrogens is 227 g/mol. The van der Waals surface area contributed by atoms with Crippen molar-refractivity contribution in [2.24, 2.45) is 5.73 Å². The maximum absolute atomic E-state index is 10.7. The Morgan fingerprint density at radius 2 is 2.19 bits per heavy atom. The second-order valence-electron chi connectivity index (χ2n) is 3.25. The fraction of sp³-hybridized carbons (Fsp3) is 0.300. The lowest BCUT2D eigenvalue weighted by Gasteiger charge is -2.19. The molecule has 0 spiro atoms. The Bertz CT molecular complexity index is 373. The first-order valence-electron chi connectivity index (χ1n) is 4.70. The van der Waals surface area contributed by atoms with Crippen molar-refractivity contribution in [3.8, 4) is 0 Å². The number of hydrogen-bond donors (Lipinski definition) is 3. The Labute approximate surface area is 95.2 Å². The summed E-state index contributed by atoms with van der Waals surface area (Å²) in [6.45, 7) is 0. The lowest BCUT2D eigenvalue weighted by molar-refractivity contribution is -0.137. The first-order chi connectivity index (χ1) is 7.56. The maximum Gasteiger partial charge on any atom is 0.320 e. The first-order valence-corrected chi connectivity index (χ1v) is 6.15. The van der Waals surface area contributed by atoms with Gasteiger partial charge < -0.3 is 21.1 Å². The summed E-state index contributed by atoms with van der Waals surface area (Å²) in [4.78, 5) is 10.7. The Morgan fingerprint density at radius 1 is 1.56 bits per heavy atom. The number of nitrogens with two attached hydrogens (primary N) is 2. The van der Waals surface area contributed by atoms with Gasteiger partial charge in [0.2, 0.25) is 0 Å². The van der Waals surface area contributed by atoms with Gasteiger partial charge in [-0.3, -0.25) is 4.79 Å². The van der Waals surface area contributed by atoms with E-state index in [2.05, 4.69) is 0 Å². The van der Waals surface area contributed by atoms with E-state index in [0.717, 1.165) is 5.30 Å². The molecule has 1 aromatic rings. The zero-order chi connectivity index (χ0) is 12.1. The highest BCUT2D eigenvalue weighted by Crippen LogP contribution is 2.37. The van der Waals surface area contributed by atoms with Gasteiger partial charge in [-0.25, -0.2) is 0 Å². The number of benzene rings is 1. The van der Waals surface area contributed by atoms with Gasteiger partial charge in [-0.15, -0.1) is 0 Å². The molecule has 0 bridgehead atoms. The minimum Gasteiger partial charge on any atom is -0.480 e. The van der Waals surface area contributed by atoms with Crippen LogP contribution in [0.2, 0.25) is 0 Å². The quantitative estimate of drug-likeness (QED) is 0.511.